The second-order valence-electron chi connectivity index (χ2n) is 3.62. The molecule has 1 fully saturated rings. The summed E-state index contributed by atoms with van der Waals surface area (Å²) in [5.41, 5.74) is -6.33. The maximum absolute atomic E-state index is 12.0. The maximum atomic E-state index is 12.0. The summed E-state index contributed by atoms with van der Waals surface area (Å²) >= 11 is 0. The van der Waals surface area contributed by atoms with E-state index >= 15 is 0 Å². The van der Waals surface area contributed by atoms with Gasteiger partial charge in [0.2, 0.25) is 0 Å². The Bertz CT molecular complexity index is 1110. The van der Waals surface area contributed by atoms with Crippen molar-refractivity contribution >= 4 is 0 Å². The fourth-order valence-corrected chi connectivity index (χ4v) is 1.45. The average molecular weight is 285 g/mol. The number of phenolic OH excluding ortho intramolecular Hbond substituents is 1. The Morgan fingerprint density at radius 1 is 1.37 bits per heavy atom. The highest BCUT2D eigenvalue weighted by Crippen LogP contribution is 2.40. The van der Waals surface area contributed by atoms with Gasteiger partial charge in [-0.15, -0.1) is 0 Å². The van der Waals surface area contributed by atoms with Crippen molar-refractivity contribution in [3.05, 3.63) is 29.7 Å². The minimum Gasteiger partial charge on any atom is -0.508 e. The van der Waals surface area contributed by atoms with Gasteiger partial charge in [-0.1, -0.05) is 31.2 Å². The smallest absolute Gasteiger partial charge is 0.115 e. The molecule has 1 atom stereocenters. The molecule has 106 valence electrons. The summed E-state index contributed by atoms with van der Waals surface area (Å²) in [7, 11) is 0. The quantitative estimate of drug-likeness (QED) is 0.893. The van der Waals surface area contributed by atoms with Crippen LogP contribution >= 0.6 is 0 Å². The molecule has 2 rings (SSSR count). The minimum absolute atomic E-state index is 0.551. The zero-order chi connectivity index (χ0) is 32.2. The van der Waals surface area contributed by atoms with Crippen LogP contribution < -0.4 is 0 Å². The lowest BCUT2D eigenvalue weighted by molar-refractivity contribution is -0.0277. The van der Waals surface area contributed by atoms with Crippen molar-refractivity contribution in [1.82, 2.24) is 4.90 Å². The van der Waals surface area contributed by atoms with E-state index in [1.807, 2.05) is 0 Å². The topological polar surface area (TPSA) is 43.7 Å². The van der Waals surface area contributed by atoms with Crippen molar-refractivity contribution < 1.29 is 39.0 Å². The van der Waals surface area contributed by atoms with Gasteiger partial charge in [-0.3, -0.25) is 0 Å². The van der Waals surface area contributed by atoms with Gasteiger partial charge in [0.1, 0.15) is 5.75 Å². The lowest BCUT2D eigenvalue weighted by Crippen LogP contribution is -2.42. The Hall–Kier alpha value is -1.06. The van der Waals surface area contributed by atoms with Crippen molar-refractivity contribution in [2.75, 3.05) is 20.5 Å². The number of likely N-dealkylation sites (N-methyl/N-ethyl adjacent to an activating group) is 1. The minimum atomic E-state index is -4.71. The van der Waals surface area contributed by atoms with E-state index in [-0.39, 0.29) is 0 Å². The third-order valence-electron chi connectivity index (χ3n) is 2.28. The van der Waals surface area contributed by atoms with Crippen molar-refractivity contribution in [3.8, 4) is 5.75 Å². The van der Waals surface area contributed by atoms with Gasteiger partial charge in [-0.05, 0) is 44.3 Å². The first-order valence-corrected chi connectivity index (χ1v) is 5.06. The summed E-state index contributed by atoms with van der Waals surface area (Å²) in [5, 5.41) is 21.9. The van der Waals surface area contributed by atoms with Crippen LogP contribution in [-0.2, 0) is 0 Å². The molecule has 0 spiro atoms. The Kier molecular flexibility index (Phi) is 1.01. The molecule has 3 nitrogen and oxygen atoms in total. The Morgan fingerprint density at radius 3 is 2.58 bits per heavy atom. The van der Waals surface area contributed by atoms with E-state index in [0.717, 1.165) is 0 Å². The second-order valence-corrected chi connectivity index (χ2v) is 3.62. The number of phenols is 1. The summed E-state index contributed by atoms with van der Waals surface area (Å²) in [6.07, 6.45) is -21.7. The van der Waals surface area contributed by atoms with Crippen LogP contribution in [0.4, 0.5) is 0 Å². The standard InChI is InChI=1S/C16H25NO2/c1-17(2)12-15(13-6-8-14(18)9-7-13)16(19)10-4-3-5-11-16/h6-9,15,18-19H,3-5,10-12H2,1-2H3/i1D3,2D3,3D2,4D2,5D2,6D,7D,8D,9D,10D2,11D2,15D. The fraction of sp³-hybridized carbons (Fsp3) is 0.625. The molecule has 1 aromatic rings. The molecule has 3 heteroatoms. The molecule has 1 unspecified atom stereocenters. The first-order valence-electron chi connectivity index (χ1n) is 15.6. The summed E-state index contributed by atoms with van der Waals surface area (Å²) in [4.78, 5) is -0.551. The normalized spacial score (nSPS) is 52.8. The monoisotopic (exact) mass is 284 g/mol. The van der Waals surface area contributed by atoms with E-state index in [9.17, 15) is 10.2 Å². The van der Waals surface area contributed by atoms with Crippen LogP contribution in [0.2, 0.25) is 0 Å². The predicted octanol–water partition coefficient (Wildman–Crippen LogP) is 2.73. The molecular weight excluding hydrogens is 238 g/mol. The molecule has 0 saturated heterocycles. The van der Waals surface area contributed by atoms with Gasteiger partial charge in [-0.25, -0.2) is 0 Å². The van der Waals surface area contributed by atoms with Crippen LogP contribution in [0.3, 0.4) is 0 Å². The third-order valence-corrected chi connectivity index (χ3v) is 2.28. The average Bonchev–Trinajstić information content (AvgIpc) is 2.76. The molecule has 0 bridgehead atoms. The summed E-state index contributed by atoms with van der Waals surface area (Å²) in [6, 6.07) is -5.83. The molecule has 0 radical (unpaired) electrons. The van der Waals surface area contributed by atoms with Crippen LogP contribution in [0.1, 0.15) is 72.1 Å². The van der Waals surface area contributed by atoms with Crippen molar-refractivity contribution in [2.45, 2.75) is 43.4 Å². The van der Waals surface area contributed by atoms with Gasteiger partial charge < -0.3 is 15.1 Å². The molecule has 1 saturated carbocycles. The summed E-state index contributed by atoms with van der Waals surface area (Å²) in [5.74, 6) is -5.54. The van der Waals surface area contributed by atoms with Crippen LogP contribution in [0, 0.1) is 0 Å². The van der Waals surface area contributed by atoms with Gasteiger partial charge in [0.15, 0.2) is 0 Å². The molecule has 2 N–H and O–H groups in total. The van der Waals surface area contributed by atoms with Crippen molar-refractivity contribution in [1.29, 1.82) is 0 Å². The van der Waals surface area contributed by atoms with Crippen LogP contribution in [0.5, 0.6) is 5.75 Å². The van der Waals surface area contributed by atoms with Gasteiger partial charge in [-0.2, -0.15) is 0 Å². The second kappa shape index (κ2) is 5.93. The lowest BCUT2D eigenvalue weighted by Gasteiger charge is -2.40. The SMILES string of the molecule is [2H]c1c([2H])c(C([2H])(CN(C([2H])([2H])[2H])C([2H])([2H])[2H])C2(O)C([2H])([2H])C([2H])([2H])C([2H])([2H])C([2H])([2H])C2([2H])[2H])c([2H])c([2H])c1O. The van der Waals surface area contributed by atoms with Crippen molar-refractivity contribution in [3.63, 3.8) is 0 Å². The molecular formula is C16H25NO2. The van der Waals surface area contributed by atoms with E-state index in [4.69, 9.17) is 28.8 Å². The van der Waals surface area contributed by atoms with Gasteiger partial charge in [0, 0.05) is 35.7 Å². The van der Waals surface area contributed by atoms with E-state index in [1.165, 1.54) is 0 Å². The lowest BCUT2D eigenvalue weighted by atomic mass is 9.72. The van der Waals surface area contributed by atoms with E-state index in [2.05, 4.69) is 0 Å². The molecule has 0 heterocycles. The molecule has 1 aromatic carbocycles. The van der Waals surface area contributed by atoms with Gasteiger partial charge in [0.25, 0.3) is 0 Å². The van der Waals surface area contributed by atoms with Crippen molar-refractivity contribution in [2.24, 2.45) is 0 Å². The zero-order valence-corrected chi connectivity index (χ0v) is 9.55. The number of aromatic hydroxyl groups is 1. The number of hydrogen-bond acceptors (Lipinski definition) is 3. The summed E-state index contributed by atoms with van der Waals surface area (Å²) < 4.78 is 169. The first-order chi connectivity index (χ1) is 17.3. The zero-order valence-electron chi connectivity index (χ0n) is 30.5. The number of benzene rings is 1. The van der Waals surface area contributed by atoms with Gasteiger partial charge >= 0.3 is 0 Å². The van der Waals surface area contributed by atoms with E-state index < -0.39 is 104 Å². The number of nitrogens with zero attached hydrogens (tertiary/aromatic N) is 1. The number of rotatable bonds is 4. The van der Waals surface area contributed by atoms with Crippen LogP contribution in [0.25, 0.3) is 0 Å². The van der Waals surface area contributed by atoms with E-state index in [0.29, 0.717) is 0 Å². The number of hydrogen-bond donors (Lipinski definition) is 2. The predicted molar refractivity (Wildman–Crippen MR) is 77.4 cm³/mol. The Morgan fingerprint density at radius 2 is 2.00 bits per heavy atom. The van der Waals surface area contributed by atoms with E-state index in [1.54, 1.807) is 0 Å². The highest BCUT2D eigenvalue weighted by atomic mass is 16.3. The molecule has 1 aliphatic carbocycles. The third kappa shape index (κ3) is 3.48. The number of aliphatic hydroxyl groups is 1. The summed E-state index contributed by atoms with van der Waals surface area (Å²) in [6.45, 7) is -9.70. The Balaban J connectivity index is 3.34. The molecule has 0 aliphatic heterocycles. The molecule has 0 aromatic heterocycles. The van der Waals surface area contributed by atoms with Crippen LogP contribution in [-0.4, -0.2) is 41.2 Å². The highest BCUT2D eigenvalue weighted by molar-refractivity contribution is 5.30. The molecule has 0 amide bonds. The highest BCUT2D eigenvalue weighted by Gasteiger charge is 2.38. The fourth-order valence-electron chi connectivity index (χ4n) is 1.45. The first kappa shape index (κ1) is 3.23. The largest absolute Gasteiger partial charge is 0.508 e. The molecule has 19 heavy (non-hydrogen) atoms. The molecule has 1 aliphatic rings. The van der Waals surface area contributed by atoms with Gasteiger partial charge in [0.05, 0.1) is 11.1 Å². The van der Waals surface area contributed by atoms with Crippen LogP contribution in [0.15, 0.2) is 24.2 Å². The Labute approximate surface area is 145 Å². The maximum Gasteiger partial charge on any atom is 0.115 e.